The molecule has 1 aromatic carbocycles. The zero-order valence-corrected chi connectivity index (χ0v) is 27.0. The number of aryl methyl sites for hydroxylation is 2. The molecular formula is C34H56N6O. The van der Waals surface area contributed by atoms with Crippen LogP contribution in [0.25, 0.3) is 10.9 Å². The molecule has 0 spiro atoms. The van der Waals surface area contributed by atoms with Gasteiger partial charge in [0.25, 0.3) is 0 Å². The lowest BCUT2D eigenvalue weighted by Gasteiger charge is -2.32. The normalized spacial score (nSPS) is 15.3. The minimum absolute atomic E-state index is 0.690. The largest absolute Gasteiger partial charge is 0.492 e. The van der Waals surface area contributed by atoms with Gasteiger partial charge in [-0.15, -0.1) is 0 Å². The number of pyridine rings is 1. The first-order valence-corrected chi connectivity index (χ1v) is 16.3. The van der Waals surface area contributed by atoms with Crippen LogP contribution in [0.1, 0.15) is 78.5 Å². The average molecular weight is 565 g/mol. The van der Waals surface area contributed by atoms with Gasteiger partial charge in [-0.25, -0.2) is 4.98 Å². The molecule has 2 aliphatic rings. The van der Waals surface area contributed by atoms with E-state index >= 15 is 0 Å². The van der Waals surface area contributed by atoms with Gasteiger partial charge in [0.15, 0.2) is 0 Å². The molecule has 228 valence electrons. The molecule has 1 aliphatic carbocycles. The van der Waals surface area contributed by atoms with E-state index in [1.54, 1.807) is 0 Å². The second-order valence-electron chi connectivity index (χ2n) is 10.7. The van der Waals surface area contributed by atoms with Crippen molar-refractivity contribution >= 4 is 28.2 Å². The molecule has 7 nitrogen and oxygen atoms in total. The summed E-state index contributed by atoms with van der Waals surface area (Å²) in [5.41, 5.74) is 5.23. The summed E-state index contributed by atoms with van der Waals surface area (Å²) in [6, 6.07) is 10.8. The third kappa shape index (κ3) is 9.11. The quantitative estimate of drug-likeness (QED) is 0.252. The highest BCUT2D eigenvalue weighted by Gasteiger charge is 2.17. The maximum atomic E-state index is 6.33. The molecule has 7 heteroatoms. The van der Waals surface area contributed by atoms with Gasteiger partial charge in [0.2, 0.25) is 0 Å². The Hall–Kier alpha value is -2.77. The summed E-state index contributed by atoms with van der Waals surface area (Å²) in [6.45, 7) is 20.6. The topological polar surface area (TPSA) is 59.7 Å². The van der Waals surface area contributed by atoms with Gasteiger partial charge in [0.05, 0.1) is 0 Å². The molecule has 0 saturated carbocycles. The summed E-state index contributed by atoms with van der Waals surface area (Å²) in [5.74, 6) is 2.72. The number of benzene rings is 1. The van der Waals surface area contributed by atoms with E-state index in [-0.39, 0.29) is 0 Å². The van der Waals surface area contributed by atoms with E-state index in [1.165, 1.54) is 41.4 Å². The minimum atomic E-state index is 0.690. The Labute approximate surface area is 249 Å². The Balaban J connectivity index is 0.00000111. The van der Waals surface area contributed by atoms with Crippen LogP contribution in [0, 0.1) is 0 Å². The van der Waals surface area contributed by atoms with Gasteiger partial charge < -0.3 is 24.8 Å². The van der Waals surface area contributed by atoms with Crippen molar-refractivity contribution in [1.82, 2.24) is 19.8 Å². The fraction of sp³-hybridized carbons (Fsp3) is 0.618. The molecule has 3 heterocycles. The first-order chi connectivity index (χ1) is 20.1. The Kier molecular flexibility index (Phi) is 13.8. The van der Waals surface area contributed by atoms with Crippen LogP contribution in [-0.2, 0) is 12.8 Å². The Morgan fingerprint density at radius 2 is 1.63 bits per heavy atom. The summed E-state index contributed by atoms with van der Waals surface area (Å²) < 4.78 is 6.33. The number of likely N-dealkylation sites (N-methyl/N-ethyl adjacent to an activating group) is 1. The van der Waals surface area contributed by atoms with E-state index in [2.05, 4.69) is 76.2 Å². The van der Waals surface area contributed by atoms with Gasteiger partial charge >= 0.3 is 0 Å². The summed E-state index contributed by atoms with van der Waals surface area (Å²) in [4.78, 5) is 15.9. The van der Waals surface area contributed by atoms with Gasteiger partial charge in [-0.1, -0.05) is 41.5 Å². The van der Waals surface area contributed by atoms with Crippen LogP contribution in [0.2, 0.25) is 0 Å². The Morgan fingerprint density at radius 1 is 0.927 bits per heavy atom. The van der Waals surface area contributed by atoms with Crippen molar-refractivity contribution < 1.29 is 4.74 Å². The maximum Gasteiger partial charge on any atom is 0.136 e. The van der Waals surface area contributed by atoms with E-state index in [1.807, 2.05) is 27.7 Å². The molecule has 0 bridgehead atoms. The molecule has 0 radical (unpaired) electrons. The van der Waals surface area contributed by atoms with Crippen molar-refractivity contribution in [2.75, 3.05) is 69.7 Å². The van der Waals surface area contributed by atoms with Crippen molar-refractivity contribution in [3.8, 4) is 5.75 Å². The number of H-pyrrole nitrogens is 1. The number of hydrogen-bond acceptors (Lipinski definition) is 6. The van der Waals surface area contributed by atoms with Crippen molar-refractivity contribution in [3.63, 3.8) is 0 Å². The lowest BCUT2D eigenvalue weighted by Crippen LogP contribution is -2.45. The number of ether oxygens (including phenoxy) is 1. The molecular weight excluding hydrogens is 508 g/mol. The highest BCUT2D eigenvalue weighted by molar-refractivity contribution is 5.88. The van der Waals surface area contributed by atoms with Crippen LogP contribution in [0.3, 0.4) is 0 Å². The number of anilines is 3. The Bertz CT molecular complexity index is 1160. The summed E-state index contributed by atoms with van der Waals surface area (Å²) in [6.07, 6.45) is 7.07. The van der Waals surface area contributed by atoms with E-state index in [9.17, 15) is 0 Å². The van der Waals surface area contributed by atoms with Crippen molar-refractivity contribution in [2.45, 2.75) is 80.1 Å². The predicted molar refractivity (Wildman–Crippen MR) is 177 cm³/mol. The number of aromatic amines is 1. The van der Waals surface area contributed by atoms with Crippen LogP contribution in [0.4, 0.5) is 17.3 Å². The second kappa shape index (κ2) is 17.2. The molecule has 2 aromatic heterocycles. The molecule has 0 unspecified atom stereocenters. The number of hydrogen-bond donors (Lipinski definition) is 2. The van der Waals surface area contributed by atoms with E-state index < -0.39 is 0 Å². The van der Waals surface area contributed by atoms with Gasteiger partial charge in [-0.3, -0.25) is 4.90 Å². The van der Waals surface area contributed by atoms with Crippen LogP contribution in [-0.4, -0.2) is 79.2 Å². The maximum absolute atomic E-state index is 6.33. The molecule has 1 saturated heterocycles. The molecule has 1 fully saturated rings. The van der Waals surface area contributed by atoms with Crippen LogP contribution in [0.15, 0.2) is 30.3 Å². The van der Waals surface area contributed by atoms with Crippen LogP contribution in [0.5, 0.6) is 5.75 Å². The first kappa shape index (κ1) is 32.7. The van der Waals surface area contributed by atoms with Crippen molar-refractivity contribution in [2.24, 2.45) is 0 Å². The third-order valence-electron chi connectivity index (χ3n) is 7.74. The van der Waals surface area contributed by atoms with Crippen molar-refractivity contribution in [3.05, 3.63) is 41.6 Å². The zero-order chi connectivity index (χ0) is 29.6. The number of aromatic nitrogens is 2. The number of nitrogens with zero attached hydrogens (tertiary/aromatic N) is 4. The molecule has 3 aromatic rings. The first-order valence-electron chi connectivity index (χ1n) is 16.3. The second-order valence-corrected chi connectivity index (χ2v) is 10.7. The predicted octanol–water partition coefficient (Wildman–Crippen LogP) is 7.49. The van der Waals surface area contributed by atoms with Crippen molar-refractivity contribution in [1.29, 1.82) is 0 Å². The molecule has 2 N–H and O–H groups in total. The molecule has 0 atom stereocenters. The summed E-state index contributed by atoms with van der Waals surface area (Å²) >= 11 is 0. The zero-order valence-electron chi connectivity index (χ0n) is 27.0. The SMILES string of the molecule is CC.CC.CCCN(CCC)c1cc(OCCN2CCN(C)CC2)cc(Nc2ccc3[nH]c4c(c3c2)CCCC4)n1. The number of nitrogens with one attached hydrogen (secondary N) is 2. The molecule has 41 heavy (non-hydrogen) atoms. The monoisotopic (exact) mass is 564 g/mol. The standard InChI is InChI=1S/C30H44N6O.2C2H6/c1-4-12-36(13-5-2)30-22-24(37-19-18-35-16-14-34(3)15-17-35)21-29(33-30)31-23-10-11-28-26(20-23)25-8-6-7-9-27(25)32-28;2*1-2/h10-11,20-22,32H,4-9,12-19H2,1-3H3,(H,31,33);2*1-2H3. The molecule has 1 aliphatic heterocycles. The Morgan fingerprint density at radius 3 is 2.34 bits per heavy atom. The molecule has 5 rings (SSSR count). The van der Waals surface area contributed by atoms with E-state index in [0.29, 0.717) is 6.61 Å². The summed E-state index contributed by atoms with van der Waals surface area (Å²) in [5, 5.41) is 4.96. The number of fused-ring (bicyclic) bond motifs is 3. The van der Waals surface area contributed by atoms with E-state index in [4.69, 9.17) is 9.72 Å². The number of piperazine rings is 1. The fourth-order valence-electron chi connectivity index (χ4n) is 5.68. The smallest absolute Gasteiger partial charge is 0.136 e. The fourth-order valence-corrected chi connectivity index (χ4v) is 5.68. The lowest BCUT2D eigenvalue weighted by molar-refractivity contribution is 0.134. The highest BCUT2D eigenvalue weighted by Crippen LogP contribution is 2.32. The van der Waals surface area contributed by atoms with Gasteiger partial charge in [-0.2, -0.15) is 0 Å². The third-order valence-corrected chi connectivity index (χ3v) is 7.74. The summed E-state index contributed by atoms with van der Waals surface area (Å²) in [7, 11) is 2.20. The van der Waals surface area contributed by atoms with Gasteiger partial charge in [-0.05, 0) is 69.3 Å². The minimum Gasteiger partial charge on any atom is -0.492 e. The number of rotatable bonds is 11. The molecule has 0 amide bonds. The lowest BCUT2D eigenvalue weighted by atomic mass is 9.95. The van der Waals surface area contributed by atoms with E-state index in [0.717, 1.165) is 88.1 Å². The highest BCUT2D eigenvalue weighted by atomic mass is 16.5. The average Bonchev–Trinajstić information content (AvgIpc) is 3.38. The van der Waals surface area contributed by atoms with Crippen LogP contribution < -0.4 is 15.0 Å². The van der Waals surface area contributed by atoms with Gasteiger partial charge in [0.1, 0.15) is 24.0 Å². The van der Waals surface area contributed by atoms with Gasteiger partial charge in [0, 0.05) is 80.2 Å². The van der Waals surface area contributed by atoms with Crippen LogP contribution >= 0.6 is 0 Å².